The lowest BCUT2D eigenvalue weighted by Gasteiger charge is -2.15. The minimum Gasteiger partial charge on any atom is -0.299 e. The SMILES string of the molecule is CC1C(=O)CCC1Cc1cc(F)ccc1Br. The van der Waals surface area contributed by atoms with Crippen LogP contribution in [0.2, 0.25) is 0 Å². The first-order chi connectivity index (χ1) is 7.58. The molecular weight excluding hydrogens is 271 g/mol. The van der Waals surface area contributed by atoms with Crippen molar-refractivity contribution in [1.82, 2.24) is 0 Å². The molecule has 1 saturated carbocycles. The number of hydrogen-bond acceptors (Lipinski definition) is 1. The third-order valence-corrected chi connectivity index (χ3v) is 4.24. The monoisotopic (exact) mass is 284 g/mol. The number of carbonyl (C=O) groups excluding carboxylic acids is 1. The second-order valence-corrected chi connectivity index (χ2v) is 5.35. The van der Waals surface area contributed by atoms with E-state index in [9.17, 15) is 9.18 Å². The number of Topliss-reactive ketones (excluding diaryl/α,β-unsaturated/α-hetero) is 1. The van der Waals surface area contributed by atoms with Crippen LogP contribution < -0.4 is 0 Å². The second-order valence-electron chi connectivity index (χ2n) is 4.49. The van der Waals surface area contributed by atoms with Crippen LogP contribution in [0.25, 0.3) is 0 Å². The minimum absolute atomic E-state index is 0.121. The Morgan fingerprint density at radius 3 is 2.88 bits per heavy atom. The van der Waals surface area contributed by atoms with Crippen LogP contribution in [-0.4, -0.2) is 5.78 Å². The molecule has 1 aromatic carbocycles. The normalized spacial score (nSPS) is 25.1. The van der Waals surface area contributed by atoms with Gasteiger partial charge in [-0.25, -0.2) is 4.39 Å². The van der Waals surface area contributed by atoms with E-state index in [0.29, 0.717) is 18.1 Å². The lowest BCUT2D eigenvalue weighted by molar-refractivity contribution is -0.120. The average Bonchev–Trinajstić information content (AvgIpc) is 2.55. The highest BCUT2D eigenvalue weighted by Gasteiger charge is 2.31. The smallest absolute Gasteiger partial charge is 0.135 e. The van der Waals surface area contributed by atoms with Crippen LogP contribution in [0.4, 0.5) is 4.39 Å². The van der Waals surface area contributed by atoms with E-state index in [1.54, 1.807) is 12.1 Å². The van der Waals surface area contributed by atoms with Gasteiger partial charge in [0.1, 0.15) is 11.6 Å². The molecule has 16 heavy (non-hydrogen) atoms. The molecule has 86 valence electrons. The van der Waals surface area contributed by atoms with Gasteiger partial charge in [-0.15, -0.1) is 0 Å². The Balaban J connectivity index is 2.15. The van der Waals surface area contributed by atoms with E-state index in [2.05, 4.69) is 15.9 Å². The number of rotatable bonds is 2. The quantitative estimate of drug-likeness (QED) is 0.809. The lowest BCUT2D eigenvalue weighted by atomic mass is 9.91. The Kier molecular flexibility index (Phi) is 3.43. The molecule has 0 spiro atoms. The summed E-state index contributed by atoms with van der Waals surface area (Å²) in [6, 6.07) is 4.72. The Labute approximate surface area is 103 Å². The van der Waals surface area contributed by atoms with E-state index < -0.39 is 0 Å². The van der Waals surface area contributed by atoms with Gasteiger partial charge in [0.25, 0.3) is 0 Å². The second kappa shape index (κ2) is 4.66. The summed E-state index contributed by atoms with van der Waals surface area (Å²) in [4.78, 5) is 11.4. The van der Waals surface area contributed by atoms with Crippen molar-refractivity contribution in [2.24, 2.45) is 11.8 Å². The van der Waals surface area contributed by atoms with E-state index in [1.165, 1.54) is 6.07 Å². The topological polar surface area (TPSA) is 17.1 Å². The van der Waals surface area contributed by atoms with Crippen molar-refractivity contribution < 1.29 is 9.18 Å². The first-order valence-electron chi connectivity index (χ1n) is 5.54. The summed E-state index contributed by atoms with van der Waals surface area (Å²) in [7, 11) is 0. The van der Waals surface area contributed by atoms with Crippen LogP contribution in [0.3, 0.4) is 0 Å². The van der Waals surface area contributed by atoms with Crippen LogP contribution in [0.5, 0.6) is 0 Å². The van der Waals surface area contributed by atoms with Crippen LogP contribution in [-0.2, 0) is 11.2 Å². The number of hydrogen-bond donors (Lipinski definition) is 0. The zero-order chi connectivity index (χ0) is 11.7. The fraction of sp³-hybridized carbons (Fsp3) is 0.462. The maximum Gasteiger partial charge on any atom is 0.135 e. The van der Waals surface area contributed by atoms with Crippen LogP contribution in [0, 0.1) is 17.7 Å². The molecule has 1 nitrogen and oxygen atoms in total. The van der Waals surface area contributed by atoms with Crippen molar-refractivity contribution in [2.75, 3.05) is 0 Å². The van der Waals surface area contributed by atoms with Gasteiger partial charge >= 0.3 is 0 Å². The van der Waals surface area contributed by atoms with Crippen molar-refractivity contribution in [3.05, 3.63) is 34.1 Å². The summed E-state index contributed by atoms with van der Waals surface area (Å²) in [5.74, 6) is 0.619. The summed E-state index contributed by atoms with van der Waals surface area (Å²) >= 11 is 3.42. The highest BCUT2D eigenvalue weighted by atomic mass is 79.9. The van der Waals surface area contributed by atoms with Gasteiger partial charge in [0.05, 0.1) is 0 Å². The standard InChI is InChI=1S/C13H14BrFO/c1-8-9(2-5-13(8)16)6-10-7-11(15)3-4-12(10)14/h3-4,7-9H,2,5-6H2,1H3. The molecule has 0 N–H and O–H groups in total. The predicted molar refractivity (Wildman–Crippen MR) is 64.7 cm³/mol. The first kappa shape index (κ1) is 11.8. The van der Waals surface area contributed by atoms with E-state index in [4.69, 9.17) is 0 Å². The van der Waals surface area contributed by atoms with Crippen LogP contribution in [0.15, 0.2) is 22.7 Å². The van der Waals surface area contributed by atoms with Crippen molar-refractivity contribution in [3.8, 4) is 0 Å². The Hall–Kier alpha value is -0.700. The molecule has 3 heteroatoms. The summed E-state index contributed by atoms with van der Waals surface area (Å²) in [6.45, 7) is 1.98. The van der Waals surface area contributed by atoms with Crippen molar-refractivity contribution in [1.29, 1.82) is 0 Å². The average molecular weight is 285 g/mol. The van der Waals surface area contributed by atoms with E-state index in [0.717, 1.165) is 22.9 Å². The van der Waals surface area contributed by atoms with Gasteiger partial charge in [-0.3, -0.25) is 4.79 Å². The van der Waals surface area contributed by atoms with E-state index >= 15 is 0 Å². The molecule has 1 aromatic rings. The maximum atomic E-state index is 13.1. The summed E-state index contributed by atoms with van der Waals surface area (Å²) in [6.07, 6.45) is 2.40. The van der Waals surface area contributed by atoms with Gasteiger partial charge in [0, 0.05) is 16.8 Å². The fourth-order valence-corrected chi connectivity index (χ4v) is 2.74. The zero-order valence-corrected chi connectivity index (χ0v) is 10.8. The third-order valence-electron chi connectivity index (χ3n) is 3.47. The molecule has 1 aliphatic carbocycles. The fourth-order valence-electron chi connectivity index (χ4n) is 2.33. The molecule has 0 aromatic heterocycles. The van der Waals surface area contributed by atoms with Gasteiger partial charge < -0.3 is 0 Å². The van der Waals surface area contributed by atoms with Gasteiger partial charge in [0.15, 0.2) is 0 Å². The van der Waals surface area contributed by atoms with E-state index in [1.807, 2.05) is 6.92 Å². The largest absolute Gasteiger partial charge is 0.299 e. The minimum atomic E-state index is -0.213. The zero-order valence-electron chi connectivity index (χ0n) is 9.17. The molecule has 2 unspecified atom stereocenters. The molecule has 1 fully saturated rings. The molecule has 2 rings (SSSR count). The van der Waals surface area contributed by atoms with E-state index in [-0.39, 0.29) is 11.7 Å². The van der Waals surface area contributed by atoms with Gasteiger partial charge in [-0.2, -0.15) is 0 Å². The predicted octanol–water partition coefficient (Wildman–Crippen LogP) is 3.75. The number of benzene rings is 1. The van der Waals surface area contributed by atoms with Crippen molar-refractivity contribution in [3.63, 3.8) is 0 Å². The van der Waals surface area contributed by atoms with Gasteiger partial charge in [-0.05, 0) is 42.5 Å². The summed E-state index contributed by atoms with van der Waals surface area (Å²) < 4.78 is 14.0. The maximum absolute atomic E-state index is 13.1. The Morgan fingerprint density at radius 2 is 2.25 bits per heavy atom. The molecular formula is C13H14BrFO. The van der Waals surface area contributed by atoms with Gasteiger partial charge in [0.2, 0.25) is 0 Å². The third kappa shape index (κ3) is 2.34. The summed E-state index contributed by atoms with van der Waals surface area (Å²) in [5.41, 5.74) is 0.964. The Bertz CT molecular complexity index is 416. The highest BCUT2D eigenvalue weighted by Crippen LogP contribution is 2.33. The molecule has 0 aliphatic heterocycles. The molecule has 2 atom stereocenters. The molecule has 0 saturated heterocycles. The molecule has 0 radical (unpaired) electrons. The number of halogens is 2. The lowest BCUT2D eigenvalue weighted by Crippen LogP contribution is -2.13. The molecule has 1 aliphatic rings. The number of carbonyl (C=O) groups is 1. The van der Waals surface area contributed by atoms with Crippen LogP contribution >= 0.6 is 15.9 Å². The molecule has 0 heterocycles. The molecule has 0 bridgehead atoms. The number of ketones is 1. The van der Waals surface area contributed by atoms with Crippen molar-refractivity contribution >= 4 is 21.7 Å². The van der Waals surface area contributed by atoms with Crippen LogP contribution in [0.1, 0.15) is 25.3 Å². The van der Waals surface area contributed by atoms with Gasteiger partial charge in [-0.1, -0.05) is 22.9 Å². The molecule has 0 amide bonds. The first-order valence-corrected chi connectivity index (χ1v) is 6.34. The van der Waals surface area contributed by atoms with Crippen molar-refractivity contribution in [2.45, 2.75) is 26.2 Å². The highest BCUT2D eigenvalue weighted by molar-refractivity contribution is 9.10. The summed E-state index contributed by atoms with van der Waals surface area (Å²) in [5, 5.41) is 0. The Morgan fingerprint density at radius 1 is 1.50 bits per heavy atom.